The molecule has 0 aliphatic carbocycles. The highest BCUT2D eigenvalue weighted by atomic mass is 16.8. The monoisotopic (exact) mass is 308 g/mol. The number of fused-ring (bicyclic) bond motifs is 2. The van der Waals surface area contributed by atoms with Gasteiger partial charge in [0.2, 0.25) is 0 Å². The topological polar surface area (TPSA) is 57.2 Å². The fraction of sp³-hybridized carbons (Fsp3) is 0.647. The second kappa shape index (κ2) is 7.06. The summed E-state index contributed by atoms with van der Waals surface area (Å²) in [7, 11) is 1.67. The number of benzene rings is 1. The van der Waals surface area contributed by atoms with Crippen molar-refractivity contribution in [1.82, 2.24) is 0 Å². The normalized spacial score (nSPS) is 34.0. The Morgan fingerprint density at radius 1 is 1.32 bits per heavy atom. The van der Waals surface area contributed by atoms with E-state index in [1.54, 1.807) is 7.11 Å². The van der Waals surface area contributed by atoms with Crippen molar-refractivity contribution in [3.05, 3.63) is 35.9 Å². The molecule has 2 heterocycles. The minimum absolute atomic E-state index is 0.0325. The van der Waals surface area contributed by atoms with Crippen molar-refractivity contribution in [3.8, 4) is 0 Å². The molecule has 3 rings (SSSR count). The molecule has 1 N–H and O–H groups in total. The van der Waals surface area contributed by atoms with Crippen molar-refractivity contribution in [1.29, 1.82) is 0 Å². The van der Waals surface area contributed by atoms with E-state index < -0.39 is 5.79 Å². The number of aliphatic hydroxyl groups is 1. The third kappa shape index (κ3) is 3.19. The van der Waals surface area contributed by atoms with E-state index in [-0.39, 0.29) is 24.9 Å². The smallest absolute Gasteiger partial charge is 0.195 e. The molecule has 2 aliphatic rings. The van der Waals surface area contributed by atoms with Crippen LogP contribution in [0, 0.1) is 0 Å². The predicted octanol–water partition coefficient (Wildman–Crippen LogP) is 1.87. The number of rotatable bonds is 7. The first-order valence-electron chi connectivity index (χ1n) is 7.88. The summed E-state index contributed by atoms with van der Waals surface area (Å²) in [4.78, 5) is 0. The second-order valence-corrected chi connectivity index (χ2v) is 5.90. The van der Waals surface area contributed by atoms with Gasteiger partial charge in [-0.2, -0.15) is 0 Å². The van der Waals surface area contributed by atoms with Crippen molar-refractivity contribution in [2.45, 2.75) is 50.0 Å². The fourth-order valence-corrected chi connectivity index (χ4v) is 3.29. The molecule has 122 valence electrons. The molecule has 2 fully saturated rings. The van der Waals surface area contributed by atoms with Crippen molar-refractivity contribution < 1.29 is 24.1 Å². The molecule has 2 aliphatic heterocycles. The Labute approximate surface area is 131 Å². The van der Waals surface area contributed by atoms with Gasteiger partial charge in [-0.05, 0) is 12.0 Å². The standard InChI is InChI=1S/C17H24O5/c1-19-16-10-14(20-11-13-6-3-2-4-7-13)15-12-21-17(16,22-15)8-5-9-18/h2-4,6-7,14-16,18H,5,8-12H2,1H3/t14-,15+,16+,17?/m0/s1. The Morgan fingerprint density at radius 2 is 2.14 bits per heavy atom. The van der Waals surface area contributed by atoms with Crippen LogP contribution in [0.1, 0.15) is 24.8 Å². The zero-order chi connectivity index (χ0) is 15.4. The molecule has 1 aromatic carbocycles. The minimum Gasteiger partial charge on any atom is -0.396 e. The van der Waals surface area contributed by atoms with Crippen LogP contribution in [0.25, 0.3) is 0 Å². The molecule has 2 bridgehead atoms. The molecule has 0 radical (unpaired) electrons. The van der Waals surface area contributed by atoms with Gasteiger partial charge in [-0.1, -0.05) is 30.3 Å². The molecule has 1 unspecified atom stereocenters. The first-order valence-corrected chi connectivity index (χ1v) is 7.88. The van der Waals surface area contributed by atoms with Crippen LogP contribution < -0.4 is 0 Å². The van der Waals surface area contributed by atoms with Gasteiger partial charge in [0.05, 0.1) is 19.3 Å². The van der Waals surface area contributed by atoms with Gasteiger partial charge >= 0.3 is 0 Å². The van der Waals surface area contributed by atoms with Gasteiger partial charge in [0, 0.05) is 26.6 Å². The third-order valence-electron chi connectivity index (χ3n) is 4.47. The Kier molecular flexibility index (Phi) is 5.10. The van der Waals surface area contributed by atoms with Crippen LogP contribution in [0.5, 0.6) is 0 Å². The molecule has 5 nitrogen and oxygen atoms in total. The molecular formula is C17H24O5. The number of ether oxygens (including phenoxy) is 4. The van der Waals surface area contributed by atoms with Crippen molar-refractivity contribution in [2.24, 2.45) is 0 Å². The lowest BCUT2D eigenvalue weighted by atomic mass is 9.94. The molecule has 1 aromatic rings. The lowest BCUT2D eigenvalue weighted by molar-refractivity contribution is -0.277. The van der Waals surface area contributed by atoms with Gasteiger partial charge in [0.1, 0.15) is 12.2 Å². The van der Waals surface area contributed by atoms with Crippen molar-refractivity contribution >= 4 is 0 Å². The highest BCUT2D eigenvalue weighted by molar-refractivity contribution is 5.13. The Hall–Kier alpha value is -0.980. The predicted molar refractivity (Wildman–Crippen MR) is 80.3 cm³/mol. The minimum atomic E-state index is -0.714. The van der Waals surface area contributed by atoms with E-state index in [9.17, 15) is 0 Å². The zero-order valence-electron chi connectivity index (χ0n) is 12.9. The summed E-state index contributed by atoms with van der Waals surface area (Å²) in [6.07, 6.45) is 1.77. The molecular weight excluding hydrogens is 284 g/mol. The largest absolute Gasteiger partial charge is 0.396 e. The summed E-state index contributed by atoms with van der Waals surface area (Å²) < 4.78 is 23.7. The maximum absolute atomic E-state index is 9.07. The summed E-state index contributed by atoms with van der Waals surface area (Å²) in [6, 6.07) is 10.1. The molecule has 0 spiro atoms. The highest BCUT2D eigenvalue weighted by Crippen LogP contribution is 2.42. The third-order valence-corrected chi connectivity index (χ3v) is 4.47. The van der Waals surface area contributed by atoms with Crippen LogP contribution in [-0.4, -0.2) is 49.5 Å². The fourth-order valence-electron chi connectivity index (χ4n) is 3.29. The van der Waals surface area contributed by atoms with E-state index in [2.05, 4.69) is 0 Å². The van der Waals surface area contributed by atoms with Crippen LogP contribution in [0.4, 0.5) is 0 Å². The average molecular weight is 308 g/mol. The van der Waals surface area contributed by atoms with Crippen LogP contribution in [0.3, 0.4) is 0 Å². The molecule has 4 atom stereocenters. The van der Waals surface area contributed by atoms with Gasteiger partial charge in [-0.3, -0.25) is 0 Å². The molecule has 5 heteroatoms. The zero-order valence-corrected chi connectivity index (χ0v) is 12.9. The molecule has 0 amide bonds. The SMILES string of the molecule is CO[C@@H]1C[C@H](OCc2ccccc2)[C@H]2COC1(CCCO)O2. The van der Waals surface area contributed by atoms with Crippen molar-refractivity contribution in [3.63, 3.8) is 0 Å². The van der Waals surface area contributed by atoms with E-state index in [4.69, 9.17) is 24.1 Å². The van der Waals surface area contributed by atoms with E-state index in [0.29, 0.717) is 26.1 Å². The molecule has 22 heavy (non-hydrogen) atoms. The number of hydrogen-bond acceptors (Lipinski definition) is 5. The van der Waals surface area contributed by atoms with Crippen LogP contribution in [-0.2, 0) is 25.6 Å². The summed E-state index contributed by atoms with van der Waals surface area (Å²) in [5.74, 6) is -0.714. The van der Waals surface area contributed by atoms with Gasteiger partial charge < -0.3 is 24.1 Å². The summed E-state index contributed by atoms with van der Waals surface area (Å²) >= 11 is 0. The summed E-state index contributed by atoms with van der Waals surface area (Å²) in [5, 5.41) is 9.07. The maximum Gasteiger partial charge on any atom is 0.195 e. The lowest BCUT2D eigenvalue weighted by Crippen LogP contribution is -2.53. The first kappa shape index (κ1) is 15.9. The van der Waals surface area contributed by atoms with E-state index in [1.807, 2.05) is 30.3 Å². The number of methoxy groups -OCH3 is 1. The highest BCUT2D eigenvalue weighted by Gasteiger charge is 2.55. The second-order valence-electron chi connectivity index (χ2n) is 5.90. The van der Waals surface area contributed by atoms with Gasteiger partial charge in [-0.25, -0.2) is 0 Å². The molecule has 0 saturated carbocycles. The molecule has 0 aromatic heterocycles. The maximum atomic E-state index is 9.07. The van der Waals surface area contributed by atoms with E-state index >= 15 is 0 Å². The quantitative estimate of drug-likeness (QED) is 0.833. The summed E-state index contributed by atoms with van der Waals surface area (Å²) in [5.41, 5.74) is 1.15. The van der Waals surface area contributed by atoms with E-state index in [0.717, 1.165) is 12.0 Å². The Bertz CT molecular complexity index is 465. The first-order chi connectivity index (χ1) is 10.8. The van der Waals surface area contributed by atoms with Crippen LogP contribution in [0.2, 0.25) is 0 Å². The van der Waals surface area contributed by atoms with Gasteiger partial charge in [-0.15, -0.1) is 0 Å². The van der Waals surface area contributed by atoms with E-state index in [1.165, 1.54) is 0 Å². The summed E-state index contributed by atoms with van der Waals surface area (Å²) in [6.45, 7) is 1.21. The Morgan fingerprint density at radius 3 is 2.86 bits per heavy atom. The Balaban J connectivity index is 1.62. The van der Waals surface area contributed by atoms with Gasteiger partial charge in [0.15, 0.2) is 5.79 Å². The number of hydrogen-bond donors (Lipinski definition) is 1. The van der Waals surface area contributed by atoms with Crippen LogP contribution in [0.15, 0.2) is 30.3 Å². The van der Waals surface area contributed by atoms with Crippen LogP contribution >= 0.6 is 0 Å². The number of aliphatic hydroxyl groups excluding tert-OH is 1. The lowest BCUT2D eigenvalue weighted by Gasteiger charge is -2.41. The molecule has 2 saturated heterocycles. The van der Waals surface area contributed by atoms with Gasteiger partial charge in [0.25, 0.3) is 0 Å². The average Bonchev–Trinajstić information content (AvgIpc) is 2.94. The van der Waals surface area contributed by atoms with Crippen molar-refractivity contribution in [2.75, 3.05) is 20.3 Å².